The van der Waals surface area contributed by atoms with Crippen LogP contribution in [0.25, 0.3) is 17.1 Å². The quantitative estimate of drug-likeness (QED) is 0.548. The molecule has 0 bridgehead atoms. The Balaban J connectivity index is 1.98. The third kappa shape index (κ3) is 2.36. The molecule has 0 spiro atoms. The van der Waals surface area contributed by atoms with Crippen LogP contribution in [0.3, 0.4) is 0 Å². The highest BCUT2D eigenvalue weighted by molar-refractivity contribution is 5.89. The second-order valence-corrected chi connectivity index (χ2v) is 5.70. The Morgan fingerprint density at radius 1 is 1.35 bits per heavy atom. The first-order valence-corrected chi connectivity index (χ1v) is 8.13. The van der Waals surface area contributed by atoms with Gasteiger partial charge in [-0.2, -0.15) is 0 Å². The van der Waals surface area contributed by atoms with E-state index in [0.717, 1.165) is 11.3 Å². The van der Waals surface area contributed by atoms with Crippen molar-refractivity contribution in [1.82, 2.24) is 24.3 Å². The van der Waals surface area contributed by atoms with Crippen molar-refractivity contribution in [2.24, 2.45) is 0 Å². The van der Waals surface area contributed by atoms with Crippen LogP contribution in [-0.4, -0.2) is 49.1 Å². The Morgan fingerprint density at radius 2 is 2.19 bits per heavy atom. The van der Waals surface area contributed by atoms with Crippen LogP contribution in [0, 0.1) is 0 Å². The first-order chi connectivity index (χ1) is 12.7. The minimum Gasteiger partial charge on any atom is -0.497 e. The molecule has 1 aliphatic rings. The summed E-state index contributed by atoms with van der Waals surface area (Å²) in [6, 6.07) is 5.54. The van der Waals surface area contributed by atoms with E-state index in [4.69, 9.17) is 9.47 Å². The van der Waals surface area contributed by atoms with Crippen molar-refractivity contribution >= 4 is 5.97 Å². The fourth-order valence-electron chi connectivity index (χ4n) is 3.10. The van der Waals surface area contributed by atoms with E-state index >= 15 is 0 Å². The zero-order valence-electron chi connectivity index (χ0n) is 14.3. The molecule has 0 saturated carbocycles. The zero-order chi connectivity index (χ0) is 18.3. The smallest absolute Gasteiger partial charge is 0.358 e. The second kappa shape index (κ2) is 6.26. The van der Waals surface area contributed by atoms with E-state index in [1.807, 2.05) is 22.8 Å². The number of esters is 1. The molecule has 134 valence electrons. The number of methoxy groups -OCH3 is 1. The number of benzene rings is 1. The lowest BCUT2D eigenvalue weighted by molar-refractivity contribution is 0.0518. The molecule has 0 aliphatic carbocycles. The molecule has 1 aliphatic heterocycles. The summed E-state index contributed by atoms with van der Waals surface area (Å²) in [6.45, 7) is 2.02. The van der Waals surface area contributed by atoms with E-state index in [0.29, 0.717) is 23.1 Å². The molecule has 0 saturated heterocycles. The van der Waals surface area contributed by atoms with Gasteiger partial charge in [-0.1, -0.05) is 0 Å². The average Bonchev–Trinajstić information content (AvgIpc) is 3.23. The Kier molecular flexibility index (Phi) is 3.92. The van der Waals surface area contributed by atoms with E-state index in [1.54, 1.807) is 24.9 Å². The van der Waals surface area contributed by atoms with Crippen LogP contribution in [0.4, 0.5) is 0 Å². The van der Waals surface area contributed by atoms with Crippen LogP contribution < -0.4 is 4.74 Å². The van der Waals surface area contributed by atoms with Crippen LogP contribution in [0.5, 0.6) is 5.75 Å². The predicted octanol–water partition coefficient (Wildman–Crippen LogP) is 1.17. The maximum absolute atomic E-state index is 12.3. The number of nitrogens with zero attached hydrogens (tertiary/aromatic N) is 5. The number of carbonyl (C=O) groups excluding carboxylic acids is 1. The van der Waals surface area contributed by atoms with Gasteiger partial charge in [-0.3, -0.25) is 4.57 Å². The first kappa shape index (κ1) is 16.3. The molecule has 3 heterocycles. The third-order valence-corrected chi connectivity index (χ3v) is 4.32. The number of hydrogen-bond donors (Lipinski definition) is 1. The summed E-state index contributed by atoms with van der Waals surface area (Å²) in [5, 5.41) is 17.9. The van der Waals surface area contributed by atoms with Crippen LogP contribution in [-0.2, 0) is 17.9 Å². The largest absolute Gasteiger partial charge is 0.497 e. The maximum Gasteiger partial charge on any atom is 0.358 e. The molecule has 0 radical (unpaired) electrons. The lowest BCUT2D eigenvalue weighted by Gasteiger charge is -2.10. The van der Waals surface area contributed by atoms with Gasteiger partial charge >= 0.3 is 5.97 Å². The summed E-state index contributed by atoms with van der Waals surface area (Å²) < 4.78 is 14.0. The normalized spacial score (nSPS) is 12.0. The van der Waals surface area contributed by atoms with Gasteiger partial charge in [0, 0.05) is 5.56 Å². The number of ether oxygens (including phenoxy) is 2. The molecule has 2 aromatic heterocycles. The number of aliphatic hydroxyl groups is 1. The molecule has 26 heavy (non-hydrogen) atoms. The van der Waals surface area contributed by atoms with Crippen molar-refractivity contribution in [3.8, 4) is 22.8 Å². The number of imidazole rings is 1. The summed E-state index contributed by atoms with van der Waals surface area (Å²) in [6.07, 6.45) is 1.59. The fraction of sp³-hybridized carbons (Fsp3) is 0.294. The molecule has 3 aromatic rings. The Labute approximate surface area is 148 Å². The van der Waals surface area contributed by atoms with Gasteiger partial charge in [0.05, 0.1) is 31.6 Å². The van der Waals surface area contributed by atoms with E-state index in [-0.39, 0.29) is 25.5 Å². The van der Waals surface area contributed by atoms with Gasteiger partial charge in [-0.05, 0) is 25.1 Å². The highest BCUT2D eigenvalue weighted by Crippen LogP contribution is 2.34. The number of rotatable bonds is 4. The van der Waals surface area contributed by atoms with E-state index in [9.17, 15) is 9.90 Å². The predicted molar refractivity (Wildman–Crippen MR) is 90.1 cm³/mol. The van der Waals surface area contributed by atoms with E-state index in [1.165, 1.54) is 0 Å². The van der Waals surface area contributed by atoms with Gasteiger partial charge in [0.25, 0.3) is 0 Å². The topological polar surface area (TPSA) is 104 Å². The van der Waals surface area contributed by atoms with Crippen molar-refractivity contribution in [3.63, 3.8) is 0 Å². The van der Waals surface area contributed by atoms with E-state index < -0.39 is 5.97 Å². The summed E-state index contributed by atoms with van der Waals surface area (Å²) in [5.74, 6) is 1.16. The molecule has 0 atom stereocenters. The van der Waals surface area contributed by atoms with Gasteiger partial charge < -0.3 is 19.1 Å². The summed E-state index contributed by atoms with van der Waals surface area (Å²) in [4.78, 5) is 16.6. The number of aromatic nitrogens is 5. The van der Waals surface area contributed by atoms with Gasteiger partial charge in [0.1, 0.15) is 18.7 Å². The van der Waals surface area contributed by atoms with Crippen molar-refractivity contribution in [2.75, 3.05) is 13.7 Å². The fourth-order valence-corrected chi connectivity index (χ4v) is 3.10. The number of carbonyl (C=O) groups is 1. The molecule has 0 amide bonds. The van der Waals surface area contributed by atoms with Gasteiger partial charge in [0.2, 0.25) is 0 Å². The zero-order valence-corrected chi connectivity index (χ0v) is 14.3. The monoisotopic (exact) mass is 355 g/mol. The SMILES string of the molecule is CCOC(=O)c1ncn2c1Cn1c(CO)nnc1-c1cc(OC)ccc1-2. The lowest BCUT2D eigenvalue weighted by Crippen LogP contribution is -2.13. The molecule has 9 heteroatoms. The lowest BCUT2D eigenvalue weighted by atomic mass is 10.1. The average molecular weight is 355 g/mol. The van der Waals surface area contributed by atoms with Gasteiger partial charge in [-0.15, -0.1) is 10.2 Å². The minimum absolute atomic E-state index is 0.235. The molecular formula is C17H17N5O4. The molecule has 1 aromatic carbocycles. The van der Waals surface area contributed by atoms with Crippen LogP contribution in [0.1, 0.15) is 28.9 Å². The van der Waals surface area contributed by atoms with Gasteiger partial charge in [0.15, 0.2) is 17.3 Å². The third-order valence-electron chi connectivity index (χ3n) is 4.32. The maximum atomic E-state index is 12.3. The first-order valence-electron chi connectivity index (χ1n) is 8.13. The molecule has 0 unspecified atom stereocenters. The number of fused-ring (bicyclic) bond motifs is 5. The Bertz CT molecular complexity index is 991. The standard InChI is InChI=1S/C17H17N5O4/c1-3-26-17(24)15-13-7-21-14(8-23)19-20-16(21)11-6-10(25-2)4-5-12(11)22(13)9-18-15/h4-6,9,23H,3,7-8H2,1-2H3. The molecule has 0 fully saturated rings. The molecule has 9 nitrogen and oxygen atoms in total. The van der Waals surface area contributed by atoms with Crippen molar-refractivity contribution < 1.29 is 19.4 Å². The van der Waals surface area contributed by atoms with Crippen molar-refractivity contribution in [2.45, 2.75) is 20.1 Å². The highest BCUT2D eigenvalue weighted by atomic mass is 16.5. The van der Waals surface area contributed by atoms with Crippen LogP contribution in [0.2, 0.25) is 0 Å². The summed E-state index contributed by atoms with van der Waals surface area (Å²) >= 11 is 0. The van der Waals surface area contributed by atoms with Crippen molar-refractivity contribution in [3.05, 3.63) is 41.7 Å². The number of hydrogen-bond acceptors (Lipinski definition) is 7. The molecule has 1 N–H and O–H groups in total. The van der Waals surface area contributed by atoms with Crippen LogP contribution >= 0.6 is 0 Å². The van der Waals surface area contributed by atoms with Crippen molar-refractivity contribution in [1.29, 1.82) is 0 Å². The summed E-state index contributed by atoms with van der Waals surface area (Å²) in [7, 11) is 1.59. The molecule has 4 rings (SSSR count). The highest BCUT2D eigenvalue weighted by Gasteiger charge is 2.28. The number of aliphatic hydroxyl groups excluding tert-OH is 1. The Hall–Kier alpha value is -3.20. The van der Waals surface area contributed by atoms with Gasteiger partial charge in [-0.25, -0.2) is 9.78 Å². The summed E-state index contributed by atoms with van der Waals surface area (Å²) in [5.41, 5.74) is 2.43. The minimum atomic E-state index is -0.488. The van der Waals surface area contributed by atoms with E-state index in [2.05, 4.69) is 15.2 Å². The molecular weight excluding hydrogens is 338 g/mol. The van der Waals surface area contributed by atoms with Crippen LogP contribution in [0.15, 0.2) is 24.5 Å². The second-order valence-electron chi connectivity index (χ2n) is 5.70. The Morgan fingerprint density at radius 3 is 2.92 bits per heavy atom.